The van der Waals surface area contributed by atoms with Crippen LogP contribution in [0.4, 0.5) is 5.69 Å². The number of anilines is 1. The third-order valence-electron chi connectivity index (χ3n) is 2.37. The van der Waals surface area contributed by atoms with Crippen LogP contribution in [-0.4, -0.2) is 42.5 Å². The summed E-state index contributed by atoms with van der Waals surface area (Å²) < 4.78 is 5.94. The number of aromatic nitrogens is 2. The number of ether oxygens (including phenoxy) is 1. The highest BCUT2D eigenvalue weighted by Crippen LogP contribution is 1.99. The summed E-state index contributed by atoms with van der Waals surface area (Å²) in [6.45, 7) is 3.58. The fourth-order valence-electron chi connectivity index (χ4n) is 1.40. The van der Waals surface area contributed by atoms with Crippen molar-refractivity contribution in [3.8, 4) is 0 Å². The number of hydrogen-bond donors (Lipinski definition) is 2. The smallest absolute Gasteiger partial charge is 0.269 e. The fraction of sp³-hybridized carbons (Fsp3) is 0.583. The molecule has 106 valence electrons. The van der Waals surface area contributed by atoms with E-state index in [9.17, 15) is 9.59 Å². The number of carbonyl (C=O) groups is 1. The molecule has 0 saturated carbocycles. The van der Waals surface area contributed by atoms with E-state index in [0.717, 1.165) is 17.6 Å². The topological polar surface area (TPSA) is 85.2 Å². The summed E-state index contributed by atoms with van der Waals surface area (Å²) in [4.78, 5) is 23.2. The van der Waals surface area contributed by atoms with E-state index in [1.807, 2.05) is 6.92 Å². The molecule has 1 aromatic heterocycles. The summed E-state index contributed by atoms with van der Waals surface area (Å²) in [6.07, 6.45) is 2.50. The fourth-order valence-corrected chi connectivity index (χ4v) is 1.40. The normalized spacial score (nSPS) is 10.2. The van der Waals surface area contributed by atoms with Crippen LogP contribution in [0, 0.1) is 0 Å². The number of rotatable bonds is 8. The van der Waals surface area contributed by atoms with Gasteiger partial charge in [0.15, 0.2) is 0 Å². The van der Waals surface area contributed by atoms with Crippen LogP contribution in [0.3, 0.4) is 0 Å². The highest BCUT2D eigenvalue weighted by molar-refractivity contribution is 5.75. The van der Waals surface area contributed by atoms with Gasteiger partial charge in [-0.2, -0.15) is 5.10 Å². The molecule has 0 aromatic carbocycles. The Bertz CT molecular complexity index is 459. The van der Waals surface area contributed by atoms with Crippen LogP contribution in [0.15, 0.2) is 17.1 Å². The van der Waals surface area contributed by atoms with Gasteiger partial charge in [0, 0.05) is 26.3 Å². The van der Waals surface area contributed by atoms with Crippen LogP contribution in [0.2, 0.25) is 0 Å². The molecule has 0 saturated heterocycles. The summed E-state index contributed by atoms with van der Waals surface area (Å²) >= 11 is 0. The molecule has 19 heavy (non-hydrogen) atoms. The molecule has 0 radical (unpaired) electrons. The first kappa shape index (κ1) is 15.2. The maximum Gasteiger partial charge on any atom is 0.269 e. The van der Waals surface area contributed by atoms with Crippen LogP contribution in [0.5, 0.6) is 0 Å². The Labute approximate surface area is 112 Å². The minimum atomic E-state index is -0.303. The highest BCUT2D eigenvalue weighted by Gasteiger charge is 2.05. The predicted octanol–water partition coefficient (Wildman–Crippen LogP) is -0.172. The van der Waals surface area contributed by atoms with Crippen LogP contribution < -0.4 is 16.2 Å². The minimum absolute atomic E-state index is 0.0867. The zero-order valence-corrected chi connectivity index (χ0v) is 11.3. The van der Waals surface area contributed by atoms with Gasteiger partial charge < -0.3 is 15.4 Å². The molecule has 7 heteroatoms. The molecule has 0 bridgehead atoms. The molecule has 0 unspecified atom stereocenters. The monoisotopic (exact) mass is 268 g/mol. The number of hydrogen-bond acceptors (Lipinski definition) is 5. The number of amides is 1. The standard InChI is InChI=1S/C12H20N4O3/c1-3-4-13-10-7-12(18)16(15-8-10)9-11(17)14-5-6-19-2/h7-8,13H,3-6,9H2,1-2H3,(H,14,17). The summed E-state index contributed by atoms with van der Waals surface area (Å²) in [5.74, 6) is -0.263. The van der Waals surface area contributed by atoms with E-state index >= 15 is 0 Å². The molecule has 1 heterocycles. The quantitative estimate of drug-likeness (QED) is 0.639. The minimum Gasteiger partial charge on any atom is -0.384 e. The summed E-state index contributed by atoms with van der Waals surface area (Å²) in [7, 11) is 1.56. The van der Waals surface area contributed by atoms with Crippen molar-refractivity contribution in [3.05, 3.63) is 22.6 Å². The summed E-state index contributed by atoms with van der Waals surface area (Å²) in [5.41, 5.74) is 0.367. The van der Waals surface area contributed by atoms with Crippen LogP contribution >= 0.6 is 0 Å². The Morgan fingerprint density at radius 3 is 2.89 bits per heavy atom. The maximum atomic E-state index is 11.7. The number of carbonyl (C=O) groups excluding carboxylic acids is 1. The van der Waals surface area contributed by atoms with Crippen LogP contribution in [-0.2, 0) is 16.1 Å². The van der Waals surface area contributed by atoms with E-state index in [4.69, 9.17) is 4.74 Å². The second-order valence-corrected chi connectivity index (χ2v) is 4.01. The Kier molecular flexibility index (Phi) is 6.59. The van der Waals surface area contributed by atoms with E-state index in [2.05, 4.69) is 15.7 Å². The molecule has 0 atom stereocenters. The third-order valence-corrected chi connectivity index (χ3v) is 2.37. The molecule has 2 N–H and O–H groups in total. The molecule has 1 amide bonds. The van der Waals surface area contributed by atoms with E-state index in [-0.39, 0.29) is 18.0 Å². The summed E-state index contributed by atoms with van der Waals surface area (Å²) in [6, 6.07) is 1.44. The zero-order chi connectivity index (χ0) is 14.1. The molecule has 0 fully saturated rings. The van der Waals surface area contributed by atoms with Gasteiger partial charge in [0.1, 0.15) is 6.54 Å². The van der Waals surface area contributed by atoms with Gasteiger partial charge in [0.2, 0.25) is 5.91 Å². The van der Waals surface area contributed by atoms with E-state index in [0.29, 0.717) is 18.8 Å². The summed E-state index contributed by atoms with van der Waals surface area (Å²) in [5, 5.41) is 9.64. The Hall–Kier alpha value is -1.89. The highest BCUT2D eigenvalue weighted by atomic mass is 16.5. The van der Waals surface area contributed by atoms with Gasteiger partial charge in [-0.05, 0) is 6.42 Å². The van der Waals surface area contributed by atoms with Gasteiger partial charge in [-0.3, -0.25) is 9.59 Å². The Balaban J connectivity index is 2.54. The van der Waals surface area contributed by atoms with Crippen molar-refractivity contribution in [1.29, 1.82) is 0 Å². The lowest BCUT2D eigenvalue weighted by molar-refractivity contribution is -0.122. The van der Waals surface area contributed by atoms with Gasteiger partial charge in [-0.1, -0.05) is 6.92 Å². The molecule has 0 spiro atoms. The van der Waals surface area contributed by atoms with Crippen molar-refractivity contribution in [2.45, 2.75) is 19.9 Å². The molecule has 0 aliphatic heterocycles. The largest absolute Gasteiger partial charge is 0.384 e. The van der Waals surface area contributed by atoms with Gasteiger partial charge >= 0.3 is 0 Å². The molecule has 1 rings (SSSR count). The predicted molar refractivity (Wildman–Crippen MR) is 72.2 cm³/mol. The number of nitrogens with one attached hydrogen (secondary N) is 2. The zero-order valence-electron chi connectivity index (χ0n) is 11.3. The number of nitrogens with zero attached hydrogens (tertiary/aromatic N) is 2. The van der Waals surface area contributed by atoms with E-state index in [1.165, 1.54) is 6.07 Å². The van der Waals surface area contributed by atoms with Gasteiger partial charge in [-0.15, -0.1) is 0 Å². The van der Waals surface area contributed by atoms with Crippen LogP contribution in [0.1, 0.15) is 13.3 Å². The second-order valence-electron chi connectivity index (χ2n) is 4.01. The lowest BCUT2D eigenvalue weighted by Crippen LogP contribution is -2.35. The van der Waals surface area contributed by atoms with Crippen molar-refractivity contribution >= 4 is 11.6 Å². The second kappa shape index (κ2) is 8.25. The Morgan fingerprint density at radius 1 is 1.47 bits per heavy atom. The lowest BCUT2D eigenvalue weighted by atomic mass is 10.4. The van der Waals surface area contributed by atoms with Gasteiger partial charge in [0.05, 0.1) is 18.5 Å². The first-order valence-corrected chi connectivity index (χ1v) is 6.24. The molecule has 0 aliphatic rings. The average molecular weight is 268 g/mol. The van der Waals surface area contributed by atoms with E-state index in [1.54, 1.807) is 13.3 Å². The number of methoxy groups -OCH3 is 1. The van der Waals surface area contributed by atoms with Crippen molar-refractivity contribution in [1.82, 2.24) is 15.1 Å². The van der Waals surface area contributed by atoms with E-state index < -0.39 is 0 Å². The van der Waals surface area contributed by atoms with Gasteiger partial charge in [0.25, 0.3) is 5.56 Å². The van der Waals surface area contributed by atoms with Gasteiger partial charge in [-0.25, -0.2) is 4.68 Å². The van der Waals surface area contributed by atoms with Crippen molar-refractivity contribution in [2.75, 3.05) is 32.1 Å². The lowest BCUT2D eigenvalue weighted by Gasteiger charge is -2.07. The first-order chi connectivity index (χ1) is 9.17. The third kappa shape index (κ3) is 5.52. The Morgan fingerprint density at radius 2 is 2.26 bits per heavy atom. The molecule has 1 aromatic rings. The SMILES string of the molecule is CCCNc1cnn(CC(=O)NCCOC)c(=O)c1. The average Bonchev–Trinajstić information content (AvgIpc) is 2.39. The molecule has 7 nitrogen and oxygen atoms in total. The first-order valence-electron chi connectivity index (χ1n) is 6.24. The van der Waals surface area contributed by atoms with Crippen LogP contribution in [0.25, 0.3) is 0 Å². The maximum absolute atomic E-state index is 11.7. The molecular formula is C12H20N4O3. The van der Waals surface area contributed by atoms with Crippen molar-refractivity contribution < 1.29 is 9.53 Å². The van der Waals surface area contributed by atoms with Crippen molar-refractivity contribution in [3.63, 3.8) is 0 Å². The molecular weight excluding hydrogens is 248 g/mol. The molecule has 0 aliphatic carbocycles. The van der Waals surface area contributed by atoms with Crippen molar-refractivity contribution in [2.24, 2.45) is 0 Å².